The van der Waals surface area contributed by atoms with Gasteiger partial charge in [0.15, 0.2) is 0 Å². The van der Waals surface area contributed by atoms with Crippen LogP contribution in [0.3, 0.4) is 0 Å². The second-order valence-corrected chi connectivity index (χ2v) is 16.4. The smallest absolute Gasteiger partial charge is 0.415 e. The molecule has 15 heteroatoms. The Bertz CT molecular complexity index is 1630. The molecule has 2 aliphatic heterocycles. The van der Waals surface area contributed by atoms with Gasteiger partial charge in [-0.05, 0) is 70.4 Å². The summed E-state index contributed by atoms with van der Waals surface area (Å²) in [5.41, 5.74) is 0.707. The minimum Gasteiger partial charge on any atom is -0.458 e. The van der Waals surface area contributed by atoms with Crippen LogP contribution in [-0.2, 0) is 40.8 Å². The number of nitrogens with zero attached hydrogens (tertiary/aromatic N) is 3. The van der Waals surface area contributed by atoms with Crippen LogP contribution in [0.2, 0.25) is 0 Å². The van der Waals surface area contributed by atoms with Crippen molar-refractivity contribution in [2.24, 2.45) is 0 Å². The van der Waals surface area contributed by atoms with Crippen molar-refractivity contribution in [3.05, 3.63) is 59.7 Å². The molecule has 0 aliphatic carbocycles. The number of hydrogen-bond donors (Lipinski definition) is 1. The van der Waals surface area contributed by atoms with Crippen molar-refractivity contribution in [3.63, 3.8) is 0 Å². The highest BCUT2D eigenvalue weighted by Gasteiger charge is 2.41. The summed E-state index contributed by atoms with van der Waals surface area (Å²) in [7, 11) is -7.28. The second-order valence-electron chi connectivity index (χ2n) is 12.5. The van der Waals surface area contributed by atoms with Crippen molar-refractivity contribution in [1.29, 1.82) is 0 Å². The van der Waals surface area contributed by atoms with Gasteiger partial charge in [0.2, 0.25) is 26.0 Å². The standard InChI is InChI=1S/C31H42N4O9S2/c1-22-8-14-25(15-9-22)46(41,42)35-16-6-7-27(35)28(36)32-26(29(37)44-31(2,3)4)21-23-10-12-24(13-11-23)43-30(38)33-17-19-34(20-18-33)45(5,39)40/h8-15,26-27H,6-7,16-21H2,1-5H3,(H,32,36)/t26-,27-/m0/s1. The molecular formula is C31H42N4O9S2. The fraction of sp³-hybridized carbons (Fsp3) is 0.516. The Kier molecular flexibility index (Phi) is 10.8. The Morgan fingerprint density at radius 3 is 2.09 bits per heavy atom. The molecule has 2 heterocycles. The van der Waals surface area contributed by atoms with Gasteiger partial charge in [0.1, 0.15) is 23.4 Å². The van der Waals surface area contributed by atoms with E-state index in [1.165, 1.54) is 25.6 Å². The number of ether oxygens (including phenoxy) is 2. The number of piperazine rings is 1. The lowest BCUT2D eigenvalue weighted by Gasteiger charge is -2.32. The van der Waals surface area contributed by atoms with Gasteiger partial charge < -0.3 is 19.7 Å². The van der Waals surface area contributed by atoms with Gasteiger partial charge in [-0.25, -0.2) is 26.4 Å². The summed E-state index contributed by atoms with van der Waals surface area (Å²) in [4.78, 5) is 40.9. The van der Waals surface area contributed by atoms with E-state index in [-0.39, 0.29) is 49.8 Å². The molecule has 0 spiro atoms. The van der Waals surface area contributed by atoms with Crippen molar-refractivity contribution in [2.45, 2.75) is 69.5 Å². The lowest BCUT2D eigenvalue weighted by Crippen LogP contribution is -2.52. The molecule has 0 radical (unpaired) electrons. The maximum Gasteiger partial charge on any atom is 0.415 e. The molecule has 2 fully saturated rings. The van der Waals surface area contributed by atoms with Crippen LogP contribution in [0.5, 0.6) is 5.75 Å². The highest BCUT2D eigenvalue weighted by Crippen LogP contribution is 2.27. The van der Waals surface area contributed by atoms with Crippen LogP contribution in [0.4, 0.5) is 4.79 Å². The molecule has 1 N–H and O–H groups in total. The van der Waals surface area contributed by atoms with Crippen molar-refractivity contribution in [2.75, 3.05) is 39.0 Å². The van der Waals surface area contributed by atoms with Crippen molar-refractivity contribution in [1.82, 2.24) is 18.8 Å². The topological polar surface area (TPSA) is 160 Å². The Hall–Kier alpha value is -3.53. The van der Waals surface area contributed by atoms with Crippen LogP contribution in [0.25, 0.3) is 0 Å². The van der Waals surface area contributed by atoms with Crippen LogP contribution in [0, 0.1) is 6.92 Å². The molecule has 13 nitrogen and oxygen atoms in total. The maximum atomic E-state index is 13.5. The number of aryl methyl sites for hydroxylation is 1. The second kappa shape index (κ2) is 14.1. The summed E-state index contributed by atoms with van der Waals surface area (Å²) in [6.45, 7) is 7.92. The van der Waals surface area contributed by atoms with E-state index in [9.17, 15) is 31.2 Å². The molecule has 2 aromatic rings. The monoisotopic (exact) mass is 678 g/mol. The summed E-state index contributed by atoms with van der Waals surface area (Å²) in [5.74, 6) is -1.01. The van der Waals surface area contributed by atoms with Gasteiger partial charge in [0, 0.05) is 39.1 Å². The number of sulfonamides is 2. The van der Waals surface area contributed by atoms with E-state index in [4.69, 9.17) is 9.47 Å². The molecule has 0 unspecified atom stereocenters. The normalized spacial score (nSPS) is 19.0. The Balaban J connectivity index is 1.43. The van der Waals surface area contributed by atoms with E-state index in [2.05, 4.69) is 5.32 Å². The number of carbonyl (C=O) groups excluding carboxylic acids is 3. The molecule has 2 saturated heterocycles. The van der Waals surface area contributed by atoms with Crippen LogP contribution < -0.4 is 10.1 Å². The zero-order valence-corrected chi connectivity index (χ0v) is 28.4. The van der Waals surface area contributed by atoms with Crippen LogP contribution in [0.15, 0.2) is 53.4 Å². The lowest BCUT2D eigenvalue weighted by atomic mass is 10.0. The van der Waals surface area contributed by atoms with Gasteiger partial charge in [-0.3, -0.25) is 4.79 Å². The van der Waals surface area contributed by atoms with Gasteiger partial charge in [-0.2, -0.15) is 8.61 Å². The predicted octanol–water partition coefficient (Wildman–Crippen LogP) is 2.29. The number of hydrogen-bond acceptors (Lipinski definition) is 9. The Morgan fingerprint density at radius 1 is 0.913 bits per heavy atom. The van der Waals surface area contributed by atoms with Crippen molar-refractivity contribution < 1.29 is 40.7 Å². The molecule has 2 aromatic carbocycles. The van der Waals surface area contributed by atoms with Gasteiger partial charge in [0.25, 0.3) is 0 Å². The number of carbonyl (C=O) groups is 3. The highest BCUT2D eigenvalue weighted by molar-refractivity contribution is 7.89. The molecule has 2 amide bonds. The molecule has 252 valence electrons. The summed E-state index contributed by atoms with van der Waals surface area (Å²) in [5, 5.41) is 2.74. The first kappa shape index (κ1) is 35.3. The summed E-state index contributed by atoms with van der Waals surface area (Å²) >= 11 is 0. The number of esters is 1. The van der Waals surface area contributed by atoms with Gasteiger partial charge in [-0.1, -0.05) is 29.8 Å². The number of rotatable bonds is 9. The summed E-state index contributed by atoms with van der Waals surface area (Å²) < 4.78 is 63.8. The summed E-state index contributed by atoms with van der Waals surface area (Å²) in [6.07, 6.45) is 1.36. The number of benzene rings is 2. The maximum absolute atomic E-state index is 13.5. The highest BCUT2D eigenvalue weighted by atomic mass is 32.2. The van der Waals surface area contributed by atoms with Gasteiger partial charge in [-0.15, -0.1) is 0 Å². The van der Waals surface area contributed by atoms with E-state index >= 15 is 0 Å². The zero-order chi connectivity index (χ0) is 33.9. The predicted molar refractivity (Wildman–Crippen MR) is 170 cm³/mol. The van der Waals surface area contributed by atoms with Crippen LogP contribution in [-0.4, -0.2) is 105 Å². The lowest BCUT2D eigenvalue weighted by molar-refractivity contribution is -0.158. The number of nitrogens with one attached hydrogen (secondary N) is 1. The van der Waals surface area contributed by atoms with Crippen LogP contribution >= 0.6 is 0 Å². The molecular weight excluding hydrogens is 636 g/mol. The largest absolute Gasteiger partial charge is 0.458 e. The average molecular weight is 679 g/mol. The minimum absolute atomic E-state index is 0.0414. The van der Waals surface area contributed by atoms with E-state index in [1.807, 2.05) is 6.92 Å². The third-order valence-corrected chi connectivity index (χ3v) is 10.9. The van der Waals surface area contributed by atoms with E-state index in [0.717, 1.165) is 11.8 Å². The van der Waals surface area contributed by atoms with E-state index in [1.54, 1.807) is 57.2 Å². The minimum atomic E-state index is -3.94. The first-order chi connectivity index (χ1) is 21.4. The third-order valence-electron chi connectivity index (χ3n) is 7.68. The molecule has 2 atom stereocenters. The third kappa shape index (κ3) is 9.05. The van der Waals surface area contributed by atoms with E-state index < -0.39 is 55.7 Å². The SMILES string of the molecule is Cc1ccc(S(=O)(=O)N2CCC[C@H]2C(=O)N[C@@H](Cc2ccc(OC(=O)N3CCN(S(C)(=O)=O)CC3)cc2)C(=O)OC(C)(C)C)cc1. The van der Waals surface area contributed by atoms with Gasteiger partial charge >= 0.3 is 12.1 Å². The Labute approximate surface area is 270 Å². The molecule has 46 heavy (non-hydrogen) atoms. The molecule has 2 aliphatic rings. The molecule has 0 saturated carbocycles. The first-order valence-corrected chi connectivity index (χ1v) is 18.4. The fourth-order valence-electron chi connectivity index (χ4n) is 5.27. The van der Waals surface area contributed by atoms with E-state index in [0.29, 0.717) is 18.4 Å². The first-order valence-electron chi connectivity index (χ1n) is 15.1. The summed E-state index contributed by atoms with van der Waals surface area (Å²) in [6, 6.07) is 10.7. The van der Waals surface area contributed by atoms with Crippen molar-refractivity contribution >= 4 is 38.0 Å². The zero-order valence-electron chi connectivity index (χ0n) is 26.8. The average Bonchev–Trinajstić information content (AvgIpc) is 3.48. The quantitative estimate of drug-likeness (QED) is 0.393. The Morgan fingerprint density at radius 2 is 1.52 bits per heavy atom. The fourth-order valence-corrected chi connectivity index (χ4v) is 7.75. The van der Waals surface area contributed by atoms with Crippen molar-refractivity contribution in [3.8, 4) is 5.75 Å². The molecule has 0 aromatic heterocycles. The molecule has 0 bridgehead atoms. The van der Waals surface area contributed by atoms with Crippen LogP contribution in [0.1, 0.15) is 44.7 Å². The van der Waals surface area contributed by atoms with Gasteiger partial charge in [0.05, 0.1) is 11.2 Å². The molecule has 4 rings (SSSR count). The number of amides is 2.